The zero-order valence-corrected chi connectivity index (χ0v) is 9.62. The van der Waals surface area contributed by atoms with E-state index in [-0.39, 0.29) is 24.0 Å². The lowest BCUT2D eigenvalue weighted by atomic mass is 9.95. The molecule has 1 fully saturated rings. The van der Waals surface area contributed by atoms with Crippen molar-refractivity contribution in [3.05, 3.63) is 33.9 Å². The lowest BCUT2D eigenvalue weighted by Crippen LogP contribution is -2.32. The maximum atomic E-state index is 10.7. The first-order valence-corrected chi connectivity index (χ1v) is 5.68. The van der Waals surface area contributed by atoms with Crippen LogP contribution in [0.25, 0.3) is 0 Å². The number of nitrogens with zero attached hydrogens (tertiary/aromatic N) is 1. The van der Waals surface area contributed by atoms with Crippen molar-refractivity contribution in [3.63, 3.8) is 0 Å². The Balaban J connectivity index is 1.97. The molecule has 0 N–H and O–H groups in total. The fourth-order valence-corrected chi connectivity index (χ4v) is 2.33. The predicted octanol–water partition coefficient (Wildman–Crippen LogP) is 2.45. The summed E-state index contributed by atoms with van der Waals surface area (Å²) in [6, 6.07) is 4.69. The second kappa shape index (κ2) is 3.43. The molecule has 0 aromatic heterocycles. The Labute approximate surface area is 98.5 Å². The molecule has 0 amide bonds. The number of non-ortho nitro benzene ring substituents is 1. The number of ether oxygens (including phenoxy) is 2. The largest absolute Gasteiger partial charge is 0.487 e. The van der Waals surface area contributed by atoms with Gasteiger partial charge in [-0.1, -0.05) is 13.8 Å². The third-order valence-corrected chi connectivity index (χ3v) is 3.28. The average Bonchev–Trinajstić information content (AvgIpc) is 3.06. The van der Waals surface area contributed by atoms with E-state index in [9.17, 15) is 10.1 Å². The fraction of sp³-hybridized carbons (Fsp3) is 0.500. The molecular weight excluding hydrogens is 222 g/mol. The molecule has 5 nitrogen and oxygen atoms in total. The van der Waals surface area contributed by atoms with Crippen molar-refractivity contribution in [2.45, 2.75) is 32.2 Å². The molecule has 5 heteroatoms. The molecule has 3 rings (SSSR count). The van der Waals surface area contributed by atoms with Gasteiger partial charge in [0, 0.05) is 17.7 Å². The van der Waals surface area contributed by atoms with Crippen molar-refractivity contribution in [1.82, 2.24) is 0 Å². The van der Waals surface area contributed by atoms with Crippen LogP contribution in [0.1, 0.15) is 25.5 Å². The highest BCUT2D eigenvalue weighted by molar-refractivity contribution is 5.48. The number of fused-ring (bicyclic) bond motifs is 3. The van der Waals surface area contributed by atoms with Crippen molar-refractivity contribution >= 4 is 5.69 Å². The molecule has 0 unspecified atom stereocenters. The molecule has 90 valence electrons. The van der Waals surface area contributed by atoms with Gasteiger partial charge in [0.25, 0.3) is 5.69 Å². The van der Waals surface area contributed by atoms with Crippen molar-refractivity contribution < 1.29 is 14.4 Å². The Kier molecular flexibility index (Phi) is 2.13. The maximum Gasteiger partial charge on any atom is 0.270 e. The van der Waals surface area contributed by atoms with Crippen LogP contribution in [-0.2, 0) is 4.74 Å². The Morgan fingerprint density at radius 2 is 2.18 bits per heavy atom. The number of nitro benzene ring substituents is 1. The van der Waals surface area contributed by atoms with E-state index in [0.29, 0.717) is 11.7 Å². The van der Waals surface area contributed by atoms with E-state index in [1.54, 1.807) is 12.1 Å². The first-order valence-electron chi connectivity index (χ1n) is 5.68. The molecule has 0 radical (unpaired) electrons. The number of epoxide rings is 1. The summed E-state index contributed by atoms with van der Waals surface area (Å²) in [7, 11) is 0. The van der Waals surface area contributed by atoms with Gasteiger partial charge in [-0.05, 0) is 12.0 Å². The summed E-state index contributed by atoms with van der Waals surface area (Å²) in [4.78, 5) is 10.3. The first-order chi connectivity index (χ1) is 8.08. The third-order valence-electron chi connectivity index (χ3n) is 3.28. The first kappa shape index (κ1) is 10.5. The lowest BCUT2D eigenvalue weighted by Gasteiger charge is -2.25. The maximum absolute atomic E-state index is 10.7. The number of nitro groups is 1. The van der Waals surface area contributed by atoms with Crippen LogP contribution in [0.5, 0.6) is 5.75 Å². The zero-order chi connectivity index (χ0) is 12.2. The molecular formula is C12H13NO4. The van der Waals surface area contributed by atoms with E-state index in [2.05, 4.69) is 13.8 Å². The Bertz CT molecular complexity index is 485. The molecule has 17 heavy (non-hydrogen) atoms. The van der Waals surface area contributed by atoms with Gasteiger partial charge in [0.05, 0.1) is 4.92 Å². The average molecular weight is 235 g/mol. The van der Waals surface area contributed by atoms with Crippen molar-refractivity contribution in [2.75, 3.05) is 0 Å². The van der Waals surface area contributed by atoms with Crippen LogP contribution in [0.3, 0.4) is 0 Å². The molecule has 1 aromatic rings. The zero-order valence-electron chi connectivity index (χ0n) is 9.62. The van der Waals surface area contributed by atoms with Crippen LogP contribution in [0.15, 0.2) is 18.2 Å². The van der Waals surface area contributed by atoms with Gasteiger partial charge < -0.3 is 9.47 Å². The van der Waals surface area contributed by atoms with Gasteiger partial charge in [0.15, 0.2) is 0 Å². The fourth-order valence-electron chi connectivity index (χ4n) is 2.33. The van der Waals surface area contributed by atoms with E-state index >= 15 is 0 Å². The van der Waals surface area contributed by atoms with Crippen LogP contribution >= 0.6 is 0 Å². The lowest BCUT2D eigenvalue weighted by molar-refractivity contribution is -0.385. The molecule has 3 atom stereocenters. The molecule has 0 saturated carbocycles. The molecule has 1 aromatic carbocycles. The monoisotopic (exact) mass is 235 g/mol. The summed E-state index contributed by atoms with van der Waals surface area (Å²) in [5, 5.41) is 10.7. The Hall–Kier alpha value is -1.62. The van der Waals surface area contributed by atoms with Gasteiger partial charge in [-0.15, -0.1) is 0 Å². The van der Waals surface area contributed by atoms with Crippen LogP contribution in [-0.4, -0.2) is 17.1 Å². The highest BCUT2D eigenvalue weighted by Crippen LogP contribution is 2.51. The normalized spacial score (nSPS) is 29.2. The minimum absolute atomic E-state index is 0.0222. The van der Waals surface area contributed by atoms with Crippen LogP contribution < -0.4 is 4.74 Å². The van der Waals surface area contributed by atoms with Crippen LogP contribution in [0.4, 0.5) is 5.69 Å². The van der Waals surface area contributed by atoms with Gasteiger partial charge in [0.2, 0.25) is 0 Å². The molecule has 1 saturated heterocycles. The summed E-state index contributed by atoms with van der Waals surface area (Å²) >= 11 is 0. The highest BCUT2D eigenvalue weighted by Gasteiger charge is 2.53. The molecule has 0 aliphatic carbocycles. The molecule has 0 spiro atoms. The third kappa shape index (κ3) is 1.58. The van der Waals surface area contributed by atoms with Gasteiger partial charge in [0.1, 0.15) is 24.1 Å². The van der Waals surface area contributed by atoms with Crippen molar-refractivity contribution in [3.8, 4) is 5.75 Å². The molecule has 2 aliphatic heterocycles. The summed E-state index contributed by atoms with van der Waals surface area (Å²) in [5.74, 6) is 1.08. The second-order valence-electron chi connectivity index (χ2n) is 4.83. The smallest absolute Gasteiger partial charge is 0.270 e. The van der Waals surface area contributed by atoms with E-state index in [0.717, 1.165) is 5.56 Å². The Morgan fingerprint density at radius 3 is 2.82 bits per heavy atom. The molecule has 0 bridgehead atoms. The topological polar surface area (TPSA) is 64.9 Å². The van der Waals surface area contributed by atoms with Crippen molar-refractivity contribution in [1.29, 1.82) is 0 Å². The van der Waals surface area contributed by atoms with Gasteiger partial charge >= 0.3 is 0 Å². The second-order valence-corrected chi connectivity index (χ2v) is 4.83. The van der Waals surface area contributed by atoms with Crippen LogP contribution in [0.2, 0.25) is 0 Å². The van der Waals surface area contributed by atoms with E-state index in [1.807, 2.05) is 0 Å². The number of hydrogen-bond donors (Lipinski definition) is 0. The predicted molar refractivity (Wildman–Crippen MR) is 60.0 cm³/mol. The standard InChI is InChI=1S/C12H13NO4/c1-6(2)10-12-11(17-12)8-5-7(13(14)15)3-4-9(8)16-10/h3-6,10-12H,1-2H3/t10-,11+,12-/m1/s1. The molecule has 2 heterocycles. The minimum atomic E-state index is -0.397. The molecule has 2 aliphatic rings. The number of rotatable bonds is 2. The van der Waals surface area contributed by atoms with Crippen LogP contribution in [0, 0.1) is 16.0 Å². The number of benzene rings is 1. The summed E-state index contributed by atoms with van der Waals surface area (Å²) in [6.07, 6.45) is 0.0875. The summed E-state index contributed by atoms with van der Waals surface area (Å²) in [6.45, 7) is 4.17. The summed E-state index contributed by atoms with van der Waals surface area (Å²) < 4.78 is 11.4. The SMILES string of the molecule is CC(C)[C@H]1Oc2ccc([N+](=O)[O-])cc2[C@@H]2O[C@H]12. The number of hydrogen-bond acceptors (Lipinski definition) is 4. The van der Waals surface area contributed by atoms with E-state index in [4.69, 9.17) is 9.47 Å². The minimum Gasteiger partial charge on any atom is -0.487 e. The van der Waals surface area contributed by atoms with Crippen molar-refractivity contribution in [2.24, 2.45) is 5.92 Å². The quantitative estimate of drug-likeness (QED) is 0.448. The summed E-state index contributed by atoms with van der Waals surface area (Å²) in [5.41, 5.74) is 0.894. The van der Waals surface area contributed by atoms with Gasteiger partial charge in [-0.3, -0.25) is 10.1 Å². The van der Waals surface area contributed by atoms with Gasteiger partial charge in [-0.2, -0.15) is 0 Å². The van der Waals surface area contributed by atoms with E-state index < -0.39 is 4.92 Å². The van der Waals surface area contributed by atoms with E-state index in [1.165, 1.54) is 6.07 Å². The highest BCUT2D eigenvalue weighted by atomic mass is 16.6. The Morgan fingerprint density at radius 1 is 1.41 bits per heavy atom. The van der Waals surface area contributed by atoms with Gasteiger partial charge in [-0.25, -0.2) is 0 Å².